The van der Waals surface area contributed by atoms with Crippen molar-refractivity contribution >= 4 is 5.97 Å². The Morgan fingerprint density at radius 1 is 1.44 bits per heavy atom. The summed E-state index contributed by atoms with van der Waals surface area (Å²) in [7, 11) is 1.39. The van der Waals surface area contributed by atoms with Gasteiger partial charge in [0.15, 0.2) is 0 Å². The molecule has 1 aromatic rings. The molecule has 0 heterocycles. The molecule has 0 aliphatic carbocycles. The smallest absolute Gasteiger partial charge is 0.306 e. The summed E-state index contributed by atoms with van der Waals surface area (Å²) in [5, 5.41) is 0. The van der Waals surface area contributed by atoms with E-state index in [-0.39, 0.29) is 24.3 Å². The number of carbonyl (C=O) groups is 1. The first kappa shape index (κ1) is 14.5. The van der Waals surface area contributed by atoms with Crippen LogP contribution in [0, 0.1) is 0 Å². The summed E-state index contributed by atoms with van der Waals surface area (Å²) in [5.74, 6) is 0.488. The van der Waals surface area contributed by atoms with Gasteiger partial charge in [-0.2, -0.15) is 0 Å². The van der Waals surface area contributed by atoms with E-state index in [1.807, 2.05) is 38.1 Å². The number of carbonyl (C=O) groups excluding carboxylic acids is 1. The van der Waals surface area contributed by atoms with E-state index >= 15 is 0 Å². The number of benzene rings is 1. The van der Waals surface area contributed by atoms with Gasteiger partial charge in [-0.3, -0.25) is 4.79 Å². The first-order chi connectivity index (χ1) is 8.58. The number of hydrogen-bond acceptors (Lipinski definition) is 4. The molecule has 4 heteroatoms. The van der Waals surface area contributed by atoms with Gasteiger partial charge in [0.25, 0.3) is 0 Å². The molecule has 2 unspecified atom stereocenters. The Hall–Kier alpha value is -1.55. The van der Waals surface area contributed by atoms with E-state index in [1.54, 1.807) is 0 Å². The average Bonchev–Trinajstić information content (AvgIpc) is 2.36. The van der Waals surface area contributed by atoms with Gasteiger partial charge in [-0.05, 0) is 31.5 Å². The van der Waals surface area contributed by atoms with E-state index < -0.39 is 0 Å². The molecular formula is C14H21NO3. The largest absolute Gasteiger partial charge is 0.494 e. The van der Waals surface area contributed by atoms with Crippen molar-refractivity contribution in [1.82, 2.24) is 0 Å². The fourth-order valence-corrected chi connectivity index (χ4v) is 1.87. The molecule has 0 aliphatic rings. The zero-order valence-electron chi connectivity index (χ0n) is 11.2. The summed E-state index contributed by atoms with van der Waals surface area (Å²) >= 11 is 0. The van der Waals surface area contributed by atoms with Crippen LogP contribution >= 0.6 is 0 Å². The molecule has 2 N–H and O–H groups in total. The quantitative estimate of drug-likeness (QED) is 0.786. The number of esters is 1. The average molecular weight is 251 g/mol. The van der Waals surface area contributed by atoms with Crippen molar-refractivity contribution in [3.8, 4) is 5.75 Å². The number of methoxy groups -OCH3 is 1. The summed E-state index contributed by atoms with van der Waals surface area (Å²) in [5.41, 5.74) is 6.95. The fourth-order valence-electron chi connectivity index (χ4n) is 1.87. The summed E-state index contributed by atoms with van der Waals surface area (Å²) in [6.07, 6.45) is 0.281. The van der Waals surface area contributed by atoms with Crippen LogP contribution in [-0.4, -0.2) is 25.7 Å². The second kappa shape index (κ2) is 7.01. The number of ether oxygens (including phenoxy) is 2. The van der Waals surface area contributed by atoms with Gasteiger partial charge < -0.3 is 15.2 Å². The van der Waals surface area contributed by atoms with Gasteiger partial charge in [-0.1, -0.05) is 12.1 Å². The van der Waals surface area contributed by atoms with Crippen LogP contribution in [0.5, 0.6) is 5.75 Å². The summed E-state index contributed by atoms with van der Waals surface area (Å²) in [6, 6.07) is 7.57. The molecule has 0 amide bonds. The van der Waals surface area contributed by atoms with E-state index in [0.29, 0.717) is 6.61 Å². The highest BCUT2D eigenvalue weighted by Crippen LogP contribution is 2.26. The van der Waals surface area contributed by atoms with Crippen LogP contribution < -0.4 is 10.5 Å². The van der Waals surface area contributed by atoms with Crippen molar-refractivity contribution in [3.05, 3.63) is 29.8 Å². The molecule has 0 saturated heterocycles. The summed E-state index contributed by atoms with van der Waals surface area (Å²) in [6.45, 7) is 4.44. The maximum Gasteiger partial charge on any atom is 0.306 e. The monoisotopic (exact) mass is 251 g/mol. The lowest BCUT2D eigenvalue weighted by Gasteiger charge is -2.20. The minimum Gasteiger partial charge on any atom is -0.494 e. The zero-order chi connectivity index (χ0) is 13.5. The standard InChI is InChI=1S/C14H21NO3/c1-4-18-12-7-5-6-11(8-12)13(10(2)15)9-14(16)17-3/h5-8,10,13H,4,9,15H2,1-3H3. The van der Waals surface area contributed by atoms with Gasteiger partial charge in [-0.15, -0.1) is 0 Å². The fraction of sp³-hybridized carbons (Fsp3) is 0.500. The lowest BCUT2D eigenvalue weighted by Crippen LogP contribution is -2.27. The van der Waals surface area contributed by atoms with Crippen molar-refractivity contribution in [2.45, 2.75) is 32.2 Å². The van der Waals surface area contributed by atoms with Gasteiger partial charge in [0.1, 0.15) is 5.75 Å². The Morgan fingerprint density at radius 3 is 2.72 bits per heavy atom. The van der Waals surface area contributed by atoms with Crippen LogP contribution in [0.4, 0.5) is 0 Å². The van der Waals surface area contributed by atoms with E-state index in [4.69, 9.17) is 15.2 Å². The molecule has 1 rings (SSSR count). The van der Waals surface area contributed by atoms with Crippen LogP contribution in [0.25, 0.3) is 0 Å². The first-order valence-corrected chi connectivity index (χ1v) is 6.13. The number of nitrogens with two attached hydrogens (primary N) is 1. The van der Waals surface area contributed by atoms with Crippen molar-refractivity contribution in [1.29, 1.82) is 0 Å². The Labute approximate surface area is 108 Å². The topological polar surface area (TPSA) is 61.5 Å². The maximum atomic E-state index is 11.4. The van der Waals surface area contributed by atoms with Gasteiger partial charge in [0.2, 0.25) is 0 Å². The molecule has 0 spiro atoms. The lowest BCUT2D eigenvalue weighted by atomic mass is 9.90. The van der Waals surface area contributed by atoms with Crippen molar-refractivity contribution in [2.24, 2.45) is 5.73 Å². The molecule has 1 aromatic carbocycles. The highest BCUT2D eigenvalue weighted by Gasteiger charge is 2.20. The van der Waals surface area contributed by atoms with Gasteiger partial charge in [-0.25, -0.2) is 0 Å². The second-order valence-corrected chi connectivity index (χ2v) is 4.25. The number of hydrogen-bond donors (Lipinski definition) is 1. The van der Waals surface area contributed by atoms with Crippen molar-refractivity contribution < 1.29 is 14.3 Å². The van der Waals surface area contributed by atoms with Crippen molar-refractivity contribution in [2.75, 3.05) is 13.7 Å². The molecular weight excluding hydrogens is 230 g/mol. The summed E-state index contributed by atoms with van der Waals surface area (Å²) < 4.78 is 10.2. The first-order valence-electron chi connectivity index (χ1n) is 6.13. The minimum atomic E-state index is -0.251. The van der Waals surface area contributed by atoms with Crippen LogP contribution in [0.2, 0.25) is 0 Å². The third-order valence-corrected chi connectivity index (χ3v) is 2.85. The molecule has 0 bridgehead atoms. The maximum absolute atomic E-state index is 11.4. The van der Waals surface area contributed by atoms with E-state index in [2.05, 4.69) is 0 Å². The SMILES string of the molecule is CCOc1cccc(C(CC(=O)OC)C(C)N)c1. The molecule has 18 heavy (non-hydrogen) atoms. The van der Waals surface area contributed by atoms with E-state index in [0.717, 1.165) is 11.3 Å². The van der Waals surface area contributed by atoms with Gasteiger partial charge in [0.05, 0.1) is 20.1 Å². The molecule has 100 valence electrons. The Kier molecular flexibility index (Phi) is 5.65. The van der Waals surface area contributed by atoms with E-state index in [1.165, 1.54) is 7.11 Å². The van der Waals surface area contributed by atoms with Crippen LogP contribution in [0.1, 0.15) is 31.7 Å². The predicted octanol–water partition coefficient (Wildman–Crippen LogP) is 2.08. The molecule has 0 aliphatic heterocycles. The van der Waals surface area contributed by atoms with Crippen molar-refractivity contribution in [3.63, 3.8) is 0 Å². The van der Waals surface area contributed by atoms with Crippen LogP contribution in [0.15, 0.2) is 24.3 Å². The highest BCUT2D eigenvalue weighted by atomic mass is 16.5. The third kappa shape index (κ3) is 4.04. The van der Waals surface area contributed by atoms with E-state index in [9.17, 15) is 4.79 Å². The van der Waals surface area contributed by atoms with Gasteiger partial charge >= 0.3 is 5.97 Å². The Bertz CT molecular complexity index is 390. The van der Waals surface area contributed by atoms with Crippen LogP contribution in [-0.2, 0) is 9.53 Å². The molecule has 4 nitrogen and oxygen atoms in total. The predicted molar refractivity (Wildman–Crippen MR) is 70.6 cm³/mol. The summed E-state index contributed by atoms with van der Waals surface area (Å²) in [4.78, 5) is 11.4. The molecule has 0 aromatic heterocycles. The molecule has 2 atom stereocenters. The Morgan fingerprint density at radius 2 is 2.17 bits per heavy atom. The van der Waals surface area contributed by atoms with Gasteiger partial charge in [0, 0.05) is 12.0 Å². The highest BCUT2D eigenvalue weighted by molar-refractivity contribution is 5.70. The molecule has 0 fully saturated rings. The number of rotatable bonds is 6. The Balaban J connectivity index is 2.91. The third-order valence-electron chi connectivity index (χ3n) is 2.85. The molecule has 0 saturated carbocycles. The normalized spacial score (nSPS) is 13.8. The lowest BCUT2D eigenvalue weighted by molar-refractivity contribution is -0.141. The second-order valence-electron chi connectivity index (χ2n) is 4.25. The zero-order valence-corrected chi connectivity index (χ0v) is 11.2. The minimum absolute atomic E-state index is 0.0575. The molecule has 0 radical (unpaired) electrons. The van der Waals surface area contributed by atoms with Crippen LogP contribution in [0.3, 0.4) is 0 Å².